The predicted octanol–water partition coefficient (Wildman–Crippen LogP) is 5.91. The van der Waals surface area contributed by atoms with Gasteiger partial charge in [-0.05, 0) is 109 Å². The first-order valence-electron chi connectivity index (χ1n) is 25.2. The molecule has 4 aliphatic heterocycles. The highest BCUT2D eigenvalue weighted by Gasteiger charge is 2.57. The Balaban J connectivity index is 1.09. The number of esters is 1. The molecule has 3 aromatic heterocycles. The zero-order valence-corrected chi connectivity index (χ0v) is 44.9. The number of amides is 5. The molecule has 0 unspecified atom stereocenters. The molecule has 6 bridgehead atoms. The number of carbonyl (C=O) groups is 5. The van der Waals surface area contributed by atoms with Crippen molar-refractivity contribution in [1.82, 2.24) is 49.9 Å². The van der Waals surface area contributed by atoms with E-state index in [9.17, 15) is 24.0 Å². The lowest BCUT2D eigenvalue weighted by molar-refractivity contribution is -0.155. The fourth-order valence-electron chi connectivity index (χ4n) is 10.4. The van der Waals surface area contributed by atoms with Gasteiger partial charge in [0.1, 0.15) is 18.1 Å². The summed E-state index contributed by atoms with van der Waals surface area (Å²) in [6, 6.07) is 7.26. The minimum absolute atomic E-state index is 0.0677. The molecule has 1 spiro atoms. The molecule has 1 aromatic carbocycles. The van der Waals surface area contributed by atoms with Gasteiger partial charge in [-0.3, -0.25) is 34.1 Å². The second-order valence-electron chi connectivity index (χ2n) is 21.8. The Bertz CT molecular complexity index is 2800. The Labute approximate surface area is 427 Å². The zero-order valence-electron chi connectivity index (χ0n) is 44.1. The van der Waals surface area contributed by atoms with Gasteiger partial charge in [-0.2, -0.15) is 0 Å². The van der Waals surface area contributed by atoms with E-state index in [1.165, 1.54) is 21.2 Å². The third-order valence-corrected chi connectivity index (χ3v) is 16.1. The molecule has 5 amide bonds. The van der Waals surface area contributed by atoms with Crippen LogP contribution < -0.4 is 10.7 Å². The van der Waals surface area contributed by atoms with E-state index in [-0.39, 0.29) is 37.0 Å². The number of rotatable bonds is 9. The number of carbonyl (C=O) groups excluding carboxylic acids is 5. The van der Waals surface area contributed by atoms with Gasteiger partial charge < -0.3 is 34.1 Å². The summed E-state index contributed by atoms with van der Waals surface area (Å²) in [5.41, 5.74) is 8.25. The highest BCUT2D eigenvalue weighted by atomic mass is 32.1. The zero-order chi connectivity index (χ0) is 52.0. The fraction of sp³-hybridized carbons (Fsp3) is 0.574. The number of fused-ring (bicyclic) bond motifs is 6. The number of hydrogen-bond acceptors (Lipinski definition) is 12. The summed E-state index contributed by atoms with van der Waals surface area (Å²) in [5, 5.41) is 8.14. The number of urea groups is 1. The molecule has 2 N–H and O–H groups in total. The molecular weight excluding hydrogens is 933 g/mol. The molecule has 3 saturated heterocycles. The van der Waals surface area contributed by atoms with Crippen molar-refractivity contribution in [3.63, 3.8) is 0 Å². The van der Waals surface area contributed by atoms with E-state index in [1.807, 2.05) is 65.1 Å². The van der Waals surface area contributed by atoms with Gasteiger partial charge in [-0.25, -0.2) is 15.2 Å². The molecule has 72 heavy (non-hydrogen) atoms. The summed E-state index contributed by atoms with van der Waals surface area (Å²) < 4.78 is 14.3. The third-order valence-electron chi connectivity index (χ3n) is 15.2. The number of aryl methyl sites for hydroxylation is 1. The molecule has 0 saturated carbocycles. The third kappa shape index (κ3) is 10.2. The smallest absolute Gasteiger partial charge is 0.324 e. The van der Waals surface area contributed by atoms with Crippen molar-refractivity contribution in [2.24, 2.45) is 11.3 Å². The second-order valence-corrected chi connectivity index (χ2v) is 22.8. The summed E-state index contributed by atoms with van der Waals surface area (Å²) in [6.45, 7) is 18.3. The quantitative estimate of drug-likeness (QED) is 0.151. The van der Waals surface area contributed by atoms with Crippen molar-refractivity contribution >= 4 is 52.0 Å². The Morgan fingerprint density at radius 3 is 2.51 bits per heavy atom. The maximum absolute atomic E-state index is 14.8. The van der Waals surface area contributed by atoms with Crippen LogP contribution in [0, 0.1) is 23.2 Å². The first-order chi connectivity index (χ1) is 34.1. The van der Waals surface area contributed by atoms with E-state index >= 15 is 0 Å². The first kappa shape index (κ1) is 52.5. The van der Waals surface area contributed by atoms with Gasteiger partial charge in [-0.1, -0.05) is 39.7 Å². The number of ether oxygens (including phenoxy) is 2. The van der Waals surface area contributed by atoms with Crippen LogP contribution in [0.3, 0.4) is 0 Å². The van der Waals surface area contributed by atoms with Crippen LogP contribution in [0.2, 0.25) is 0 Å². The maximum atomic E-state index is 14.8. The van der Waals surface area contributed by atoms with Crippen molar-refractivity contribution in [1.29, 1.82) is 0 Å². The minimum Gasteiger partial charge on any atom is -0.464 e. The Morgan fingerprint density at radius 2 is 1.85 bits per heavy atom. The molecule has 17 nitrogen and oxygen atoms in total. The Kier molecular flexibility index (Phi) is 15.0. The Morgan fingerprint density at radius 1 is 1.10 bits per heavy atom. The predicted molar refractivity (Wildman–Crippen MR) is 277 cm³/mol. The molecule has 8 rings (SSSR count). The van der Waals surface area contributed by atoms with Crippen molar-refractivity contribution in [2.75, 3.05) is 61.0 Å². The number of benzene rings is 1. The van der Waals surface area contributed by atoms with Gasteiger partial charge in [0.15, 0.2) is 0 Å². The minimum atomic E-state index is -1.10. The molecule has 7 heterocycles. The summed E-state index contributed by atoms with van der Waals surface area (Å²) >= 11 is 1.41. The maximum Gasteiger partial charge on any atom is 0.324 e. The van der Waals surface area contributed by atoms with Crippen molar-refractivity contribution in [3.8, 4) is 34.4 Å². The lowest BCUT2D eigenvalue weighted by Gasteiger charge is -2.62. The number of aromatic nitrogens is 3. The topological polar surface area (TPSA) is 175 Å². The standard InChI is InChI=1S/C54H72N10O7S/c1-13-62-42-19-18-35-26-37(42)38(47(62)36-16-14-23-55-45(36)34(4)70-12)28-52(5,6)32-71-50(68)39-17-15-24-64(58-39)49(67)40(27-43-56-41(35)29-72-43)57-48(66)46(33(2)3)60(11)51(69)63-25-22-54(63)30-61(31-54)44(65)20-21-53(7,8)59(9)10/h14,16,18-19,23,26,29,33-34,39-40,46,58H,13,15,17,22,24-25,27-28,30-32H2,1-12H3,(H,57,66)/t34-,39-,40-,46-/m0/s1. The van der Waals surface area contributed by atoms with Crippen LogP contribution in [0.15, 0.2) is 41.9 Å². The summed E-state index contributed by atoms with van der Waals surface area (Å²) in [7, 11) is 7.13. The number of nitrogens with zero attached hydrogens (tertiary/aromatic N) is 8. The fourth-order valence-corrected chi connectivity index (χ4v) is 11.3. The van der Waals surface area contributed by atoms with E-state index in [0.717, 1.165) is 51.1 Å². The number of likely N-dealkylation sites (N-methyl/N-ethyl adjacent to an activating group) is 1. The average molecular weight is 1010 g/mol. The van der Waals surface area contributed by atoms with E-state index < -0.39 is 52.4 Å². The number of hydrogen-bond donors (Lipinski definition) is 2. The number of pyridine rings is 1. The van der Waals surface area contributed by atoms with E-state index in [1.54, 1.807) is 30.2 Å². The lowest BCUT2D eigenvalue weighted by Crippen LogP contribution is -2.79. The van der Waals surface area contributed by atoms with Crippen LogP contribution in [0.5, 0.6) is 0 Å². The number of nitrogens with one attached hydrogen (secondary N) is 2. The SMILES string of the molecule is CCn1c(-c2cccnc2[C@H](C)OC)c2c3cc(ccc31)-c1csc(n1)C[C@H](NC(=O)[C@H](C(C)C)N(C)C(=O)N1CCC13CN(C(=O)C#CC(C)(C)N(C)C)C3)C(=O)N1CCC[C@H](N1)C(=O)OCC(C)(C)C2. The van der Waals surface area contributed by atoms with Crippen molar-refractivity contribution in [2.45, 2.75) is 129 Å². The lowest BCUT2D eigenvalue weighted by atomic mass is 9.77. The number of cyclic esters (lactones) is 1. The van der Waals surface area contributed by atoms with Crippen LogP contribution in [0.1, 0.15) is 97.0 Å². The normalized spacial score (nSPS) is 20.8. The summed E-state index contributed by atoms with van der Waals surface area (Å²) in [5.74, 6) is 3.86. The second kappa shape index (κ2) is 20.6. The monoisotopic (exact) mass is 1000 g/mol. The molecule has 4 aliphatic rings. The molecule has 18 heteroatoms. The van der Waals surface area contributed by atoms with Crippen LogP contribution in [-0.2, 0) is 48.0 Å². The van der Waals surface area contributed by atoms with Crippen LogP contribution >= 0.6 is 11.3 Å². The van der Waals surface area contributed by atoms with Crippen LogP contribution in [-0.4, -0.2) is 159 Å². The van der Waals surface area contributed by atoms with Crippen LogP contribution in [0.25, 0.3) is 33.4 Å². The molecular formula is C54H72N10O7S. The van der Waals surface area contributed by atoms with Gasteiger partial charge in [0.25, 0.3) is 11.8 Å². The number of methoxy groups -OCH3 is 1. The first-order valence-corrected chi connectivity index (χ1v) is 26.1. The van der Waals surface area contributed by atoms with Gasteiger partial charge in [0.05, 0.1) is 45.9 Å². The van der Waals surface area contributed by atoms with Gasteiger partial charge in [0.2, 0.25) is 5.91 Å². The number of thiazole rings is 1. The molecule has 0 radical (unpaired) electrons. The molecule has 4 aromatic rings. The van der Waals surface area contributed by atoms with Gasteiger partial charge in [0, 0.05) is 92.3 Å². The average Bonchev–Trinajstić information content (AvgIpc) is 3.92. The number of hydrazine groups is 1. The Hall–Kier alpha value is -5.87. The van der Waals surface area contributed by atoms with Crippen molar-refractivity contribution < 1.29 is 33.4 Å². The highest BCUT2D eigenvalue weighted by Crippen LogP contribution is 2.43. The molecule has 386 valence electrons. The van der Waals surface area contributed by atoms with Gasteiger partial charge >= 0.3 is 12.0 Å². The molecule has 0 aliphatic carbocycles. The molecule has 3 fully saturated rings. The summed E-state index contributed by atoms with van der Waals surface area (Å²) in [4.78, 5) is 87.6. The largest absolute Gasteiger partial charge is 0.464 e. The van der Waals surface area contributed by atoms with E-state index in [0.29, 0.717) is 57.0 Å². The summed E-state index contributed by atoms with van der Waals surface area (Å²) in [6.07, 6.45) is 3.90. The number of likely N-dealkylation sites (tertiary alicyclic amines) is 2. The van der Waals surface area contributed by atoms with Crippen molar-refractivity contribution in [3.05, 3.63) is 58.2 Å². The van der Waals surface area contributed by atoms with E-state index in [4.69, 9.17) is 19.4 Å². The van der Waals surface area contributed by atoms with Gasteiger partial charge in [-0.15, -0.1) is 11.3 Å². The highest BCUT2D eigenvalue weighted by molar-refractivity contribution is 7.10. The van der Waals surface area contributed by atoms with E-state index in [2.05, 4.69) is 72.2 Å². The van der Waals surface area contributed by atoms with Crippen LogP contribution in [0.4, 0.5) is 4.79 Å². The molecule has 4 atom stereocenters.